The van der Waals surface area contributed by atoms with Gasteiger partial charge in [-0.15, -0.1) is 0 Å². The summed E-state index contributed by atoms with van der Waals surface area (Å²) in [6, 6.07) is 3.38. The van der Waals surface area contributed by atoms with E-state index in [4.69, 9.17) is 5.73 Å². The second-order valence-corrected chi connectivity index (χ2v) is 7.73. The van der Waals surface area contributed by atoms with E-state index in [-0.39, 0.29) is 10.6 Å². The molecule has 1 aliphatic rings. The predicted octanol–water partition coefficient (Wildman–Crippen LogP) is 2.90. The number of hydrogen-bond donors (Lipinski definition) is 2. The second-order valence-electron chi connectivity index (χ2n) is 5.99. The number of hydrogen-bond acceptors (Lipinski definition) is 3. The quantitative estimate of drug-likeness (QED) is 0.821. The largest absolute Gasteiger partial charge is 0.398 e. The zero-order valence-corrected chi connectivity index (χ0v) is 13.1. The highest BCUT2D eigenvalue weighted by Crippen LogP contribution is 2.30. The second kappa shape index (κ2) is 6.75. The minimum atomic E-state index is -3.74. The summed E-state index contributed by atoms with van der Waals surface area (Å²) in [5, 5.41) is 0. The Morgan fingerprint density at radius 2 is 1.95 bits per heavy atom. The van der Waals surface area contributed by atoms with Gasteiger partial charge in [-0.25, -0.2) is 17.5 Å². The van der Waals surface area contributed by atoms with Crippen molar-refractivity contribution in [2.75, 3.05) is 12.3 Å². The molecular formula is C15H23FN2O2S. The topological polar surface area (TPSA) is 72.2 Å². The van der Waals surface area contributed by atoms with Gasteiger partial charge in [0.05, 0.1) is 5.69 Å². The van der Waals surface area contributed by atoms with Gasteiger partial charge < -0.3 is 5.73 Å². The Kier molecular flexibility index (Phi) is 5.22. The van der Waals surface area contributed by atoms with Crippen molar-refractivity contribution in [1.82, 2.24) is 4.72 Å². The molecule has 0 atom stereocenters. The number of nitrogen functional groups attached to an aromatic ring is 1. The first-order valence-electron chi connectivity index (χ1n) is 7.43. The van der Waals surface area contributed by atoms with Crippen molar-refractivity contribution in [3.8, 4) is 0 Å². The van der Waals surface area contributed by atoms with Crippen LogP contribution in [0.1, 0.15) is 39.0 Å². The molecule has 4 nitrogen and oxygen atoms in total. The van der Waals surface area contributed by atoms with E-state index >= 15 is 0 Å². The number of nitrogens with one attached hydrogen (secondary N) is 1. The van der Waals surface area contributed by atoms with Crippen LogP contribution in [0.5, 0.6) is 0 Å². The summed E-state index contributed by atoms with van der Waals surface area (Å²) >= 11 is 0. The molecule has 0 bridgehead atoms. The fraction of sp³-hybridized carbons (Fsp3) is 0.600. The molecule has 1 aliphatic carbocycles. The van der Waals surface area contributed by atoms with Crippen molar-refractivity contribution in [3.63, 3.8) is 0 Å². The highest BCUT2D eigenvalue weighted by atomic mass is 32.2. The molecule has 3 N–H and O–H groups in total. The molecule has 0 unspecified atom stereocenters. The Morgan fingerprint density at radius 1 is 1.29 bits per heavy atom. The molecule has 6 heteroatoms. The summed E-state index contributed by atoms with van der Waals surface area (Å²) in [6.07, 6.45) is 5.57. The highest BCUT2D eigenvalue weighted by molar-refractivity contribution is 7.89. The lowest BCUT2D eigenvalue weighted by Crippen LogP contribution is -2.27. The molecule has 0 radical (unpaired) electrons. The van der Waals surface area contributed by atoms with Crippen LogP contribution < -0.4 is 10.5 Å². The van der Waals surface area contributed by atoms with Gasteiger partial charge in [-0.2, -0.15) is 0 Å². The first-order chi connectivity index (χ1) is 9.88. The van der Waals surface area contributed by atoms with E-state index in [2.05, 4.69) is 11.6 Å². The van der Waals surface area contributed by atoms with Crippen molar-refractivity contribution in [2.45, 2.75) is 43.9 Å². The van der Waals surface area contributed by atoms with Crippen molar-refractivity contribution in [1.29, 1.82) is 0 Å². The number of halogens is 1. The van der Waals surface area contributed by atoms with E-state index in [1.165, 1.54) is 18.9 Å². The summed E-state index contributed by atoms with van der Waals surface area (Å²) < 4.78 is 40.0. The maximum absolute atomic E-state index is 13.2. The molecule has 0 aliphatic heterocycles. The smallest absolute Gasteiger partial charge is 0.242 e. The molecule has 1 aromatic rings. The number of rotatable bonds is 5. The zero-order chi connectivity index (χ0) is 15.5. The molecule has 1 saturated carbocycles. The lowest BCUT2D eigenvalue weighted by atomic mass is 9.81. The molecular weight excluding hydrogens is 291 g/mol. The Balaban J connectivity index is 1.91. The summed E-state index contributed by atoms with van der Waals surface area (Å²) in [6.45, 7) is 2.63. The third-order valence-corrected chi connectivity index (χ3v) is 5.76. The van der Waals surface area contributed by atoms with Crippen LogP contribution in [0.25, 0.3) is 0 Å². The van der Waals surface area contributed by atoms with Crippen LogP contribution in [0, 0.1) is 17.7 Å². The molecule has 1 fully saturated rings. The van der Waals surface area contributed by atoms with Gasteiger partial charge in [0.25, 0.3) is 0 Å². The minimum Gasteiger partial charge on any atom is -0.398 e. The van der Waals surface area contributed by atoms with E-state index in [1.54, 1.807) is 0 Å². The van der Waals surface area contributed by atoms with Crippen molar-refractivity contribution in [3.05, 3.63) is 24.0 Å². The molecule has 118 valence electrons. The van der Waals surface area contributed by atoms with Crippen LogP contribution >= 0.6 is 0 Å². The lowest BCUT2D eigenvalue weighted by Gasteiger charge is -2.26. The maximum Gasteiger partial charge on any atom is 0.242 e. The minimum absolute atomic E-state index is 0.0652. The zero-order valence-electron chi connectivity index (χ0n) is 12.3. The standard InChI is InChI=1S/C15H23FN2O2S/c1-11-2-4-12(5-3-11)8-9-18-21(19,20)15-10-13(16)6-7-14(15)17/h6-7,10-12,18H,2-5,8-9,17H2,1H3. The number of anilines is 1. The summed E-state index contributed by atoms with van der Waals surface area (Å²) in [7, 11) is -3.74. The number of sulfonamides is 1. The van der Waals surface area contributed by atoms with Gasteiger partial charge in [0.1, 0.15) is 10.7 Å². The van der Waals surface area contributed by atoms with E-state index in [0.717, 1.165) is 37.3 Å². The molecule has 1 aromatic carbocycles. The van der Waals surface area contributed by atoms with Crippen LogP contribution in [0.3, 0.4) is 0 Å². The Morgan fingerprint density at radius 3 is 2.62 bits per heavy atom. The molecule has 21 heavy (non-hydrogen) atoms. The Labute approximate surface area is 126 Å². The average Bonchev–Trinajstić information content (AvgIpc) is 2.43. The molecule has 0 amide bonds. The van der Waals surface area contributed by atoms with Crippen molar-refractivity contribution in [2.24, 2.45) is 11.8 Å². The van der Waals surface area contributed by atoms with Crippen LogP contribution in [-0.2, 0) is 10.0 Å². The summed E-state index contributed by atoms with van der Waals surface area (Å²) in [4.78, 5) is -0.181. The molecule has 0 spiro atoms. The third kappa shape index (κ3) is 4.41. The maximum atomic E-state index is 13.2. The van der Waals surface area contributed by atoms with E-state index < -0.39 is 15.8 Å². The van der Waals surface area contributed by atoms with Crippen LogP contribution in [0.15, 0.2) is 23.1 Å². The van der Waals surface area contributed by atoms with E-state index in [0.29, 0.717) is 12.5 Å². The molecule has 0 heterocycles. The molecule has 0 aromatic heterocycles. The van der Waals surface area contributed by atoms with Crippen molar-refractivity contribution < 1.29 is 12.8 Å². The highest BCUT2D eigenvalue weighted by Gasteiger charge is 2.21. The Hall–Kier alpha value is -1.14. The van der Waals surface area contributed by atoms with Gasteiger partial charge in [0, 0.05) is 6.54 Å². The molecule has 0 saturated heterocycles. The fourth-order valence-electron chi connectivity index (χ4n) is 2.83. The van der Waals surface area contributed by atoms with Gasteiger partial charge in [0.15, 0.2) is 0 Å². The predicted molar refractivity (Wildman–Crippen MR) is 81.7 cm³/mol. The third-order valence-electron chi connectivity index (χ3n) is 4.25. The summed E-state index contributed by atoms with van der Waals surface area (Å²) in [5.41, 5.74) is 5.68. The van der Waals surface area contributed by atoms with Crippen molar-refractivity contribution >= 4 is 15.7 Å². The fourth-order valence-corrected chi connectivity index (χ4v) is 4.02. The van der Waals surface area contributed by atoms with Gasteiger partial charge in [0.2, 0.25) is 10.0 Å². The van der Waals surface area contributed by atoms with Gasteiger partial charge in [-0.1, -0.05) is 32.6 Å². The monoisotopic (exact) mass is 314 g/mol. The normalized spacial score (nSPS) is 23.1. The number of benzene rings is 1. The first-order valence-corrected chi connectivity index (χ1v) is 8.91. The van der Waals surface area contributed by atoms with Gasteiger partial charge in [-0.05, 0) is 36.5 Å². The average molecular weight is 314 g/mol. The summed E-state index contributed by atoms with van der Waals surface area (Å²) in [5.74, 6) is 0.754. The van der Waals surface area contributed by atoms with Crippen LogP contribution in [0.2, 0.25) is 0 Å². The molecule has 2 rings (SSSR count). The first kappa shape index (κ1) is 16.2. The van der Waals surface area contributed by atoms with Crippen LogP contribution in [-0.4, -0.2) is 15.0 Å². The van der Waals surface area contributed by atoms with Crippen LogP contribution in [0.4, 0.5) is 10.1 Å². The van der Waals surface area contributed by atoms with Gasteiger partial charge in [-0.3, -0.25) is 0 Å². The number of nitrogens with two attached hydrogens (primary N) is 1. The van der Waals surface area contributed by atoms with Gasteiger partial charge >= 0.3 is 0 Å². The lowest BCUT2D eigenvalue weighted by molar-refractivity contribution is 0.278. The Bertz CT molecular complexity index is 581. The SMILES string of the molecule is CC1CCC(CCNS(=O)(=O)c2cc(F)ccc2N)CC1. The van der Waals surface area contributed by atoms with E-state index in [9.17, 15) is 12.8 Å². The van der Waals surface area contributed by atoms with E-state index in [1.807, 2.05) is 0 Å².